The monoisotopic (exact) mass is 549 g/mol. The molecule has 1 aliphatic rings. The van der Waals surface area contributed by atoms with E-state index in [-0.39, 0.29) is 34.2 Å². The van der Waals surface area contributed by atoms with Crippen LogP contribution in [0.25, 0.3) is 17.4 Å². The van der Waals surface area contributed by atoms with Crippen molar-refractivity contribution in [2.75, 3.05) is 6.61 Å². The van der Waals surface area contributed by atoms with Gasteiger partial charge < -0.3 is 9.15 Å². The van der Waals surface area contributed by atoms with Crippen molar-refractivity contribution in [1.82, 2.24) is 4.57 Å². The van der Waals surface area contributed by atoms with E-state index in [1.807, 2.05) is 30.3 Å². The Balaban J connectivity index is 1.63. The van der Waals surface area contributed by atoms with E-state index < -0.39 is 16.9 Å². The number of carbonyl (C=O) groups is 1. The lowest BCUT2D eigenvalue weighted by molar-refractivity contribution is -0.384. The van der Waals surface area contributed by atoms with Crippen molar-refractivity contribution < 1.29 is 18.9 Å². The highest BCUT2D eigenvalue weighted by molar-refractivity contribution is 7.07. The molecule has 11 heteroatoms. The molecular weight excluding hydrogens is 530 g/mol. The Morgan fingerprint density at radius 3 is 2.71 bits per heavy atom. The van der Waals surface area contributed by atoms with Gasteiger partial charge in [-0.2, -0.15) is 0 Å². The zero-order valence-electron chi connectivity index (χ0n) is 20.2. The van der Waals surface area contributed by atoms with Gasteiger partial charge in [0.05, 0.1) is 38.9 Å². The zero-order chi connectivity index (χ0) is 27.0. The first-order valence-corrected chi connectivity index (χ1v) is 12.8. The van der Waals surface area contributed by atoms with Gasteiger partial charge in [0.1, 0.15) is 11.5 Å². The lowest BCUT2D eigenvalue weighted by Crippen LogP contribution is -2.39. The number of carbonyl (C=O) groups excluding carboxylic acids is 1. The van der Waals surface area contributed by atoms with Crippen LogP contribution in [0, 0.1) is 10.1 Å². The smallest absolute Gasteiger partial charge is 0.338 e. The van der Waals surface area contributed by atoms with Gasteiger partial charge in [-0.1, -0.05) is 53.3 Å². The molecule has 1 atom stereocenters. The fourth-order valence-corrected chi connectivity index (χ4v) is 5.50. The Labute approximate surface area is 224 Å². The third-order valence-electron chi connectivity index (χ3n) is 5.95. The number of nitro groups is 1. The molecule has 0 fully saturated rings. The second-order valence-corrected chi connectivity index (χ2v) is 9.78. The van der Waals surface area contributed by atoms with Crippen molar-refractivity contribution in [3.8, 4) is 11.3 Å². The molecule has 9 nitrogen and oxygen atoms in total. The average Bonchev–Trinajstić information content (AvgIpc) is 3.48. The molecule has 0 spiro atoms. The molecule has 0 aliphatic carbocycles. The third-order valence-corrected chi connectivity index (χ3v) is 7.17. The van der Waals surface area contributed by atoms with E-state index in [0.29, 0.717) is 26.4 Å². The largest absolute Gasteiger partial charge is 0.463 e. The summed E-state index contributed by atoms with van der Waals surface area (Å²) in [4.78, 5) is 42.5. The summed E-state index contributed by atoms with van der Waals surface area (Å²) in [5, 5.41) is 11.7. The number of esters is 1. The molecule has 192 valence electrons. The highest BCUT2D eigenvalue weighted by atomic mass is 35.5. The maximum atomic E-state index is 13.7. The molecule has 5 rings (SSSR count). The van der Waals surface area contributed by atoms with Gasteiger partial charge in [0.25, 0.3) is 11.2 Å². The number of furan rings is 1. The predicted molar refractivity (Wildman–Crippen MR) is 143 cm³/mol. The number of hydrogen-bond donors (Lipinski definition) is 0. The highest BCUT2D eigenvalue weighted by Gasteiger charge is 2.33. The Morgan fingerprint density at radius 2 is 2.00 bits per heavy atom. The lowest BCUT2D eigenvalue weighted by Gasteiger charge is -2.24. The summed E-state index contributed by atoms with van der Waals surface area (Å²) in [5.41, 5.74) is 1.23. The highest BCUT2D eigenvalue weighted by Crippen LogP contribution is 2.34. The standard InChI is InChI=1S/C27H20ClN3O6S/c1-3-36-26(33)23-15(2)29-27-30(24(23)16-7-5-4-6-8-16)25(32)22(38-27)14-18-10-12-21(37-18)19-11-9-17(28)13-20(19)31(34)35/h4-14,24H,3H2,1-2H3. The molecule has 0 saturated heterocycles. The zero-order valence-corrected chi connectivity index (χ0v) is 21.8. The molecule has 0 N–H and O–H groups in total. The van der Waals surface area contributed by atoms with Crippen molar-refractivity contribution in [2.45, 2.75) is 19.9 Å². The fourth-order valence-electron chi connectivity index (χ4n) is 4.31. The van der Waals surface area contributed by atoms with Gasteiger partial charge in [0.2, 0.25) is 0 Å². The van der Waals surface area contributed by atoms with E-state index >= 15 is 0 Å². The summed E-state index contributed by atoms with van der Waals surface area (Å²) in [6.07, 6.45) is 1.56. The van der Waals surface area contributed by atoms with E-state index in [2.05, 4.69) is 4.99 Å². The molecule has 2 aromatic heterocycles. The summed E-state index contributed by atoms with van der Waals surface area (Å²) in [6.45, 7) is 3.63. The van der Waals surface area contributed by atoms with Crippen LogP contribution in [0.1, 0.15) is 31.2 Å². The average molecular weight is 550 g/mol. The number of rotatable bonds is 6. The van der Waals surface area contributed by atoms with Gasteiger partial charge in [-0.15, -0.1) is 0 Å². The third kappa shape index (κ3) is 4.59. The van der Waals surface area contributed by atoms with E-state index in [1.54, 1.807) is 32.1 Å². The number of thiazole rings is 1. The Morgan fingerprint density at radius 1 is 1.24 bits per heavy atom. The number of hydrogen-bond acceptors (Lipinski definition) is 8. The van der Waals surface area contributed by atoms with E-state index in [4.69, 9.17) is 20.8 Å². The Kier molecular flexibility index (Phi) is 6.83. The van der Waals surface area contributed by atoms with Crippen LogP contribution in [0.5, 0.6) is 0 Å². The Bertz CT molecular complexity index is 1780. The van der Waals surface area contributed by atoms with Crippen molar-refractivity contribution in [3.63, 3.8) is 0 Å². The second-order valence-electron chi connectivity index (χ2n) is 8.33. The summed E-state index contributed by atoms with van der Waals surface area (Å²) < 4.78 is 13.0. The minimum absolute atomic E-state index is 0.189. The molecule has 1 aliphatic heterocycles. The van der Waals surface area contributed by atoms with Crippen molar-refractivity contribution >= 4 is 40.7 Å². The van der Waals surface area contributed by atoms with E-state index in [0.717, 1.165) is 16.9 Å². The molecule has 4 aromatic rings. The van der Waals surface area contributed by atoms with Gasteiger partial charge in [0.15, 0.2) is 4.80 Å². The van der Waals surface area contributed by atoms with E-state index in [1.165, 1.54) is 22.8 Å². The van der Waals surface area contributed by atoms with Gasteiger partial charge in [0, 0.05) is 17.2 Å². The second kappa shape index (κ2) is 10.2. The SMILES string of the molecule is CCOC(=O)C1=C(C)N=c2sc(=Cc3ccc(-c4ccc(Cl)cc4[N+](=O)[O-])o3)c(=O)n2C1c1ccccc1. The molecule has 1 unspecified atom stereocenters. The lowest BCUT2D eigenvalue weighted by atomic mass is 9.96. The van der Waals surface area contributed by atoms with Crippen LogP contribution in [0.4, 0.5) is 5.69 Å². The molecule has 3 heterocycles. The maximum absolute atomic E-state index is 13.7. The normalized spacial score (nSPS) is 15.2. The molecule has 0 amide bonds. The number of ether oxygens (including phenoxy) is 1. The van der Waals surface area contributed by atoms with Gasteiger partial charge in [-0.05, 0) is 43.7 Å². The topological polar surface area (TPSA) is 117 Å². The molecular formula is C27H20ClN3O6S. The van der Waals surface area contributed by atoms with Crippen LogP contribution < -0.4 is 14.9 Å². The van der Waals surface area contributed by atoms with Crippen molar-refractivity contribution in [1.29, 1.82) is 0 Å². The van der Waals surface area contributed by atoms with Crippen LogP contribution in [0.15, 0.2) is 86.1 Å². The minimum atomic E-state index is -0.711. The van der Waals surface area contributed by atoms with Crippen molar-refractivity contribution in [3.05, 3.63) is 118 Å². The number of halogens is 1. The van der Waals surface area contributed by atoms with Crippen LogP contribution in [0.2, 0.25) is 5.02 Å². The van der Waals surface area contributed by atoms with Crippen molar-refractivity contribution in [2.24, 2.45) is 4.99 Å². The predicted octanol–water partition coefficient (Wildman–Crippen LogP) is 4.62. The minimum Gasteiger partial charge on any atom is -0.463 e. The van der Waals surface area contributed by atoms with E-state index in [9.17, 15) is 19.7 Å². The Hall–Kier alpha value is -4.28. The van der Waals surface area contributed by atoms with Crippen LogP contribution in [-0.2, 0) is 9.53 Å². The van der Waals surface area contributed by atoms with Crippen LogP contribution >= 0.6 is 22.9 Å². The summed E-state index contributed by atoms with van der Waals surface area (Å²) in [7, 11) is 0. The first-order chi connectivity index (χ1) is 18.3. The molecule has 38 heavy (non-hydrogen) atoms. The summed E-state index contributed by atoms with van der Waals surface area (Å²) in [5.74, 6) is 0.0548. The quantitative estimate of drug-likeness (QED) is 0.197. The summed E-state index contributed by atoms with van der Waals surface area (Å²) >= 11 is 7.08. The fraction of sp³-hybridized carbons (Fsp3) is 0.148. The number of nitrogens with zero attached hydrogens (tertiary/aromatic N) is 3. The molecule has 0 bridgehead atoms. The summed E-state index contributed by atoms with van der Waals surface area (Å²) in [6, 6.07) is 16.0. The first-order valence-electron chi connectivity index (χ1n) is 11.6. The van der Waals surface area contributed by atoms with Gasteiger partial charge in [-0.3, -0.25) is 19.5 Å². The molecule has 0 saturated carbocycles. The van der Waals surface area contributed by atoms with Crippen LogP contribution in [0.3, 0.4) is 0 Å². The molecule has 0 radical (unpaired) electrons. The maximum Gasteiger partial charge on any atom is 0.338 e. The first kappa shape index (κ1) is 25.4. The molecule has 2 aromatic carbocycles. The number of fused-ring (bicyclic) bond motifs is 1. The number of aromatic nitrogens is 1. The number of nitro benzene ring substituents is 1. The van der Waals surface area contributed by atoms with Gasteiger partial charge >= 0.3 is 5.97 Å². The van der Waals surface area contributed by atoms with Gasteiger partial charge in [-0.25, -0.2) is 9.79 Å². The van der Waals surface area contributed by atoms with Crippen LogP contribution in [-0.4, -0.2) is 22.1 Å². The number of benzene rings is 2. The number of allylic oxidation sites excluding steroid dienone is 1.